The molecule has 0 aliphatic heterocycles. The van der Waals surface area contributed by atoms with Gasteiger partial charge in [0.05, 0.1) is 5.56 Å². The summed E-state index contributed by atoms with van der Waals surface area (Å²) in [6, 6.07) is 5.63. The van der Waals surface area contributed by atoms with E-state index in [9.17, 15) is 0 Å². The van der Waals surface area contributed by atoms with E-state index in [0.717, 1.165) is 23.6 Å². The van der Waals surface area contributed by atoms with Crippen molar-refractivity contribution in [1.29, 1.82) is 0 Å². The van der Waals surface area contributed by atoms with E-state index in [-0.39, 0.29) is 0 Å². The highest BCUT2D eigenvalue weighted by Crippen LogP contribution is 2.18. The van der Waals surface area contributed by atoms with Crippen LogP contribution >= 0.6 is 12.2 Å². The van der Waals surface area contributed by atoms with Crippen LogP contribution in [0.1, 0.15) is 18.2 Å². The molecule has 2 heterocycles. The summed E-state index contributed by atoms with van der Waals surface area (Å²) < 4.78 is 1.83. The Balaban J connectivity index is 2.32. The van der Waals surface area contributed by atoms with E-state index in [4.69, 9.17) is 18.0 Å². The highest BCUT2D eigenvalue weighted by Gasteiger charge is 2.08. The monoisotopic (exact) mass is 261 g/mol. The first kappa shape index (κ1) is 12.5. The normalized spacial score (nSPS) is 10.3. The van der Waals surface area contributed by atoms with Gasteiger partial charge in [0.2, 0.25) is 0 Å². The van der Waals surface area contributed by atoms with Crippen molar-refractivity contribution in [3.63, 3.8) is 0 Å². The van der Waals surface area contributed by atoms with E-state index in [1.165, 1.54) is 0 Å². The molecule has 0 saturated heterocycles. The van der Waals surface area contributed by atoms with Crippen LogP contribution in [-0.2, 0) is 6.54 Å². The topological polar surface area (TPSA) is 68.8 Å². The fourth-order valence-corrected chi connectivity index (χ4v) is 1.74. The zero-order valence-corrected chi connectivity index (χ0v) is 11.2. The van der Waals surface area contributed by atoms with Crippen molar-refractivity contribution in [2.24, 2.45) is 5.73 Å². The summed E-state index contributed by atoms with van der Waals surface area (Å²) in [5, 5.41) is 7.47. The number of nitrogens with two attached hydrogens (primary N) is 1. The minimum absolute atomic E-state index is 0.319. The number of aryl methyl sites for hydroxylation is 2. The fraction of sp³-hybridized carbons (Fsp3) is 0.250. The smallest absolute Gasteiger partial charge is 0.153 e. The Bertz CT molecular complexity index is 576. The molecule has 0 amide bonds. The SMILES string of the molecule is CCn1ccc(Nc2nc(C)ccc2C(N)=S)n1. The maximum Gasteiger partial charge on any atom is 0.153 e. The van der Waals surface area contributed by atoms with Gasteiger partial charge in [-0.2, -0.15) is 5.10 Å². The Morgan fingerprint density at radius 1 is 1.44 bits per heavy atom. The van der Waals surface area contributed by atoms with Crippen LogP contribution in [0.5, 0.6) is 0 Å². The molecule has 3 N–H and O–H groups in total. The van der Waals surface area contributed by atoms with Crippen LogP contribution in [0, 0.1) is 6.92 Å². The number of hydrogen-bond acceptors (Lipinski definition) is 4. The second kappa shape index (κ2) is 5.14. The van der Waals surface area contributed by atoms with Gasteiger partial charge in [0.25, 0.3) is 0 Å². The fourth-order valence-electron chi connectivity index (χ4n) is 1.58. The summed E-state index contributed by atoms with van der Waals surface area (Å²) >= 11 is 5.01. The van der Waals surface area contributed by atoms with Crippen molar-refractivity contribution < 1.29 is 0 Å². The van der Waals surface area contributed by atoms with Gasteiger partial charge >= 0.3 is 0 Å². The Morgan fingerprint density at radius 3 is 2.83 bits per heavy atom. The average molecular weight is 261 g/mol. The van der Waals surface area contributed by atoms with E-state index in [0.29, 0.717) is 10.8 Å². The number of nitrogens with zero attached hydrogens (tertiary/aromatic N) is 3. The van der Waals surface area contributed by atoms with Gasteiger partial charge in [0.1, 0.15) is 10.8 Å². The van der Waals surface area contributed by atoms with Crippen LogP contribution in [0.2, 0.25) is 0 Å². The van der Waals surface area contributed by atoms with Crippen molar-refractivity contribution in [3.05, 3.63) is 35.7 Å². The van der Waals surface area contributed by atoms with Gasteiger partial charge in [-0.3, -0.25) is 4.68 Å². The predicted molar refractivity (Wildman–Crippen MR) is 76.0 cm³/mol. The lowest BCUT2D eigenvalue weighted by Crippen LogP contribution is -2.13. The lowest BCUT2D eigenvalue weighted by atomic mass is 10.2. The van der Waals surface area contributed by atoms with Gasteiger partial charge in [-0.15, -0.1) is 0 Å². The molecular weight excluding hydrogens is 246 g/mol. The van der Waals surface area contributed by atoms with Crippen LogP contribution in [0.25, 0.3) is 0 Å². The summed E-state index contributed by atoms with van der Waals surface area (Å²) in [5.41, 5.74) is 7.30. The lowest BCUT2D eigenvalue weighted by molar-refractivity contribution is 0.662. The first-order valence-corrected chi connectivity index (χ1v) is 6.09. The summed E-state index contributed by atoms with van der Waals surface area (Å²) in [6.07, 6.45) is 1.90. The third-order valence-corrected chi connectivity index (χ3v) is 2.73. The number of aromatic nitrogens is 3. The zero-order chi connectivity index (χ0) is 13.1. The molecule has 0 saturated carbocycles. The Kier molecular flexibility index (Phi) is 3.57. The third kappa shape index (κ3) is 2.65. The highest BCUT2D eigenvalue weighted by molar-refractivity contribution is 7.80. The summed E-state index contributed by atoms with van der Waals surface area (Å²) in [4.78, 5) is 4.72. The first-order chi connectivity index (χ1) is 8.60. The summed E-state index contributed by atoms with van der Waals surface area (Å²) in [7, 11) is 0. The highest BCUT2D eigenvalue weighted by atomic mass is 32.1. The number of nitrogens with one attached hydrogen (secondary N) is 1. The molecule has 5 nitrogen and oxygen atoms in total. The molecule has 0 aliphatic rings. The van der Waals surface area contributed by atoms with Crippen molar-refractivity contribution in [2.45, 2.75) is 20.4 Å². The van der Waals surface area contributed by atoms with Crippen LogP contribution < -0.4 is 11.1 Å². The largest absolute Gasteiger partial charge is 0.389 e. The van der Waals surface area contributed by atoms with Crippen LogP contribution in [0.4, 0.5) is 11.6 Å². The minimum Gasteiger partial charge on any atom is -0.389 e. The molecule has 0 radical (unpaired) electrons. The predicted octanol–water partition coefficient (Wildman–Crippen LogP) is 1.98. The quantitative estimate of drug-likeness (QED) is 0.824. The van der Waals surface area contributed by atoms with E-state index in [1.807, 2.05) is 42.9 Å². The average Bonchev–Trinajstić information content (AvgIpc) is 2.76. The molecule has 0 spiro atoms. The molecule has 0 fully saturated rings. The molecule has 0 unspecified atom stereocenters. The summed E-state index contributed by atoms with van der Waals surface area (Å²) in [5.74, 6) is 1.37. The molecule has 0 aliphatic carbocycles. The van der Waals surface area contributed by atoms with Crippen molar-refractivity contribution in [2.75, 3.05) is 5.32 Å². The summed E-state index contributed by atoms with van der Waals surface area (Å²) in [6.45, 7) is 4.77. The lowest BCUT2D eigenvalue weighted by Gasteiger charge is -2.08. The molecule has 0 bridgehead atoms. The molecule has 94 valence electrons. The number of pyridine rings is 1. The second-order valence-corrected chi connectivity index (χ2v) is 4.33. The Hall–Kier alpha value is -1.95. The molecule has 18 heavy (non-hydrogen) atoms. The second-order valence-electron chi connectivity index (χ2n) is 3.89. The van der Waals surface area contributed by atoms with E-state index >= 15 is 0 Å². The molecular formula is C12H15N5S. The molecule has 2 rings (SSSR count). The van der Waals surface area contributed by atoms with Gasteiger partial charge in [-0.25, -0.2) is 4.98 Å². The number of anilines is 2. The van der Waals surface area contributed by atoms with Crippen molar-refractivity contribution in [3.8, 4) is 0 Å². The van der Waals surface area contributed by atoms with E-state index < -0.39 is 0 Å². The zero-order valence-electron chi connectivity index (χ0n) is 10.3. The number of thiocarbonyl (C=S) groups is 1. The van der Waals surface area contributed by atoms with Crippen LogP contribution in [0.15, 0.2) is 24.4 Å². The molecule has 0 aromatic carbocycles. The van der Waals surface area contributed by atoms with Gasteiger partial charge < -0.3 is 11.1 Å². The molecule has 2 aromatic rings. The molecule has 0 atom stereocenters. The Morgan fingerprint density at radius 2 is 2.22 bits per heavy atom. The van der Waals surface area contributed by atoms with Crippen molar-refractivity contribution >= 4 is 28.8 Å². The minimum atomic E-state index is 0.319. The standard InChI is InChI=1S/C12H15N5S/c1-3-17-7-6-10(16-17)15-12-9(11(13)18)5-4-8(2)14-12/h4-7H,3H2,1-2H3,(H2,13,18)(H,14,15,16). The van der Waals surface area contributed by atoms with Crippen LogP contribution in [0.3, 0.4) is 0 Å². The molecule has 6 heteroatoms. The van der Waals surface area contributed by atoms with Gasteiger partial charge in [0.15, 0.2) is 5.82 Å². The van der Waals surface area contributed by atoms with Crippen LogP contribution in [-0.4, -0.2) is 19.8 Å². The van der Waals surface area contributed by atoms with Gasteiger partial charge in [-0.1, -0.05) is 12.2 Å². The van der Waals surface area contributed by atoms with E-state index in [1.54, 1.807) is 0 Å². The van der Waals surface area contributed by atoms with Gasteiger partial charge in [-0.05, 0) is 26.0 Å². The molecule has 2 aromatic heterocycles. The third-order valence-electron chi connectivity index (χ3n) is 2.51. The maximum atomic E-state index is 5.68. The van der Waals surface area contributed by atoms with E-state index in [2.05, 4.69) is 15.4 Å². The Labute approximate surface area is 111 Å². The maximum absolute atomic E-state index is 5.68. The van der Waals surface area contributed by atoms with Gasteiger partial charge in [0, 0.05) is 24.5 Å². The van der Waals surface area contributed by atoms with Crippen molar-refractivity contribution in [1.82, 2.24) is 14.8 Å². The number of rotatable bonds is 4. The first-order valence-electron chi connectivity index (χ1n) is 5.68. The number of hydrogen-bond donors (Lipinski definition) is 2.